The van der Waals surface area contributed by atoms with Crippen LogP contribution in [-0.4, -0.2) is 29.0 Å². The molecule has 8 heteroatoms. The van der Waals surface area contributed by atoms with Gasteiger partial charge in [-0.05, 0) is 38.5 Å². The van der Waals surface area contributed by atoms with E-state index in [9.17, 15) is 9.59 Å². The second-order valence-electron chi connectivity index (χ2n) is 6.05. The summed E-state index contributed by atoms with van der Waals surface area (Å²) < 4.78 is 5.63. The van der Waals surface area contributed by atoms with Gasteiger partial charge in [0.2, 0.25) is 11.8 Å². The van der Waals surface area contributed by atoms with Gasteiger partial charge in [-0.25, -0.2) is 9.78 Å². The van der Waals surface area contributed by atoms with E-state index in [-0.39, 0.29) is 17.8 Å². The molecular weight excluding hydrogens is 368 g/mol. The van der Waals surface area contributed by atoms with Crippen molar-refractivity contribution in [3.63, 3.8) is 0 Å². The number of hydrogen-bond acceptors (Lipinski definition) is 4. The summed E-state index contributed by atoms with van der Waals surface area (Å²) in [5.41, 5.74) is 0.471. The molecule has 1 aromatic heterocycles. The number of ether oxygens (including phenoxy) is 1. The first-order valence-corrected chi connectivity index (χ1v) is 9.03. The van der Waals surface area contributed by atoms with Gasteiger partial charge < -0.3 is 20.7 Å². The summed E-state index contributed by atoms with van der Waals surface area (Å²) in [6.45, 7) is 5.50. The summed E-state index contributed by atoms with van der Waals surface area (Å²) in [4.78, 5) is 28.2. The molecule has 1 heterocycles. The molecule has 144 valence electrons. The average Bonchev–Trinajstić information content (AvgIpc) is 2.63. The summed E-state index contributed by atoms with van der Waals surface area (Å²) in [6, 6.07) is 9.07. The number of para-hydroxylation sites is 1. The molecule has 27 heavy (non-hydrogen) atoms. The molecule has 0 fully saturated rings. The first-order valence-electron chi connectivity index (χ1n) is 8.65. The summed E-state index contributed by atoms with van der Waals surface area (Å²) in [7, 11) is 0. The SMILES string of the molecule is CC[C@@H](C)NC(=O)[C@H](C)NC(=O)Nc1ccnc(Oc2ccccc2Cl)c1. The number of benzene rings is 1. The zero-order chi connectivity index (χ0) is 19.8. The van der Waals surface area contributed by atoms with E-state index in [2.05, 4.69) is 20.9 Å². The molecule has 1 aromatic carbocycles. The third-order valence-corrected chi connectivity index (χ3v) is 4.10. The lowest BCUT2D eigenvalue weighted by Crippen LogP contribution is -2.48. The molecule has 2 atom stereocenters. The number of carbonyl (C=O) groups is 2. The van der Waals surface area contributed by atoms with Crippen molar-refractivity contribution in [2.24, 2.45) is 0 Å². The fourth-order valence-electron chi connectivity index (χ4n) is 2.08. The average molecular weight is 391 g/mol. The number of nitrogens with zero attached hydrogens (tertiary/aromatic N) is 1. The maximum atomic E-state index is 12.1. The molecule has 0 aliphatic carbocycles. The van der Waals surface area contributed by atoms with Crippen molar-refractivity contribution in [3.05, 3.63) is 47.6 Å². The Hall–Kier alpha value is -2.80. The first kappa shape index (κ1) is 20.5. The van der Waals surface area contributed by atoms with Crippen molar-refractivity contribution in [2.75, 3.05) is 5.32 Å². The van der Waals surface area contributed by atoms with Crippen molar-refractivity contribution < 1.29 is 14.3 Å². The standard InChI is InChI=1S/C19H23ClN4O3/c1-4-12(2)22-18(25)13(3)23-19(26)24-14-9-10-21-17(11-14)27-16-8-6-5-7-15(16)20/h5-13H,4H2,1-3H3,(H,22,25)(H2,21,23,24,26)/t12-,13+/m1/s1. The van der Waals surface area contributed by atoms with E-state index in [0.717, 1.165) is 6.42 Å². The van der Waals surface area contributed by atoms with Crippen molar-refractivity contribution >= 4 is 29.2 Å². The number of carbonyl (C=O) groups excluding carboxylic acids is 2. The van der Waals surface area contributed by atoms with Crippen LogP contribution in [0, 0.1) is 0 Å². The predicted molar refractivity (Wildman–Crippen MR) is 105 cm³/mol. The van der Waals surface area contributed by atoms with Crippen LogP contribution in [0.1, 0.15) is 27.2 Å². The van der Waals surface area contributed by atoms with Crippen LogP contribution >= 0.6 is 11.6 Å². The molecule has 2 aromatic rings. The lowest BCUT2D eigenvalue weighted by Gasteiger charge is -2.17. The molecule has 0 saturated carbocycles. The molecule has 0 aliphatic rings. The highest BCUT2D eigenvalue weighted by Gasteiger charge is 2.17. The third-order valence-electron chi connectivity index (χ3n) is 3.79. The van der Waals surface area contributed by atoms with E-state index in [0.29, 0.717) is 16.5 Å². The van der Waals surface area contributed by atoms with Gasteiger partial charge in [0.25, 0.3) is 0 Å². The van der Waals surface area contributed by atoms with Crippen LogP contribution in [0.4, 0.5) is 10.5 Å². The number of nitrogens with one attached hydrogen (secondary N) is 3. The normalized spacial score (nSPS) is 12.6. The molecule has 0 spiro atoms. The minimum Gasteiger partial charge on any atom is -0.437 e. The minimum absolute atomic E-state index is 0.0505. The van der Waals surface area contributed by atoms with Gasteiger partial charge in [0.1, 0.15) is 11.8 Å². The lowest BCUT2D eigenvalue weighted by atomic mass is 10.2. The monoisotopic (exact) mass is 390 g/mol. The van der Waals surface area contributed by atoms with Gasteiger partial charge in [0.05, 0.1) is 5.02 Å². The molecule has 0 saturated heterocycles. The Morgan fingerprint density at radius 3 is 2.63 bits per heavy atom. The molecule has 0 aliphatic heterocycles. The van der Waals surface area contributed by atoms with Crippen LogP contribution in [-0.2, 0) is 4.79 Å². The summed E-state index contributed by atoms with van der Waals surface area (Å²) in [5.74, 6) is 0.504. The number of pyridine rings is 1. The van der Waals surface area contributed by atoms with Crippen LogP contribution in [0.3, 0.4) is 0 Å². The zero-order valence-corrected chi connectivity index (χ0v) is 16.2. The molecule has 0 bridgehead atoms. The largest absolute Gasteiger partial charge is 0.437 e. The molecule has 3 N–H and O–H groups in total. The number of anilines is 1. The number of halogens is 1. The zero-order valence-electron chi connectivity index (χ0n) is 15.5. The molecule has 0 radical (unpaired) electrons. The van der Waals surface area contributed by atoms with Crippen molar-refractivity contribution in [2.45, 2.75) is 39.3 Å². The van der Waals surface area contributed by atoms with E-state index < -0.39 is 12.1 Å². The predicted octanol–water partition coefficient (Wildman–Crippen LogP) is 3.95. The lowest BCUT2D eigenvalue weighted by molar-refractivity contribution is -0.123. The van der Waals surface area contributed by atoms with Gasteiger partial charge in [-0.1, -0.05) is 30.7 Å². The smallest absolute Gasteiger partial charge is 0.319 e. The highest BCUT2D eigenvalue weighted by molar-refractivity contribution is 6.32. The van der Waals surface area contributed by atoms with E-state index in [1.165, 1.54) is 6.20 Å². The molecule has 7 nitrogen and oxygen atoms in total. The number of aromatic nitrogens is 1. The Bertz CT molecular complexity index is 800. The third kappa shape index (κ3) is 6.45. The summed E-state index contributed by atoms with van der Waals surface area (Å²) in [6.07, 6.45) is 2.32. The maximum Gasteiger partial charge on any atom is 0.319 e. The number of amides is 3. The van der Waals surface area contributed by atoms with Gasteiger partial charge in [0.15, 0.2) is 0 Å². The van der Waals surface area contributed by atoms with E-state index in [1.807, 2.05) is 13.8 Å². The van der Waals surface area contributed by atoms with Crippen LogP contribution < -0.4 is 20.7 Å². The summed E-state index contributed by atoms with van der Waals surface area (Å²) in [5, 5.41) is 8.52. The van der Waals surface area contributed by atoms with Crippen LogP contribution in [0.2, 0.25) is 5.02 Å². The van der Waals surface area contributed by atoms with E-state index >= 15 is 0 Å². The Balaban J connectivity index is 1.94. The Labute approximate surface area is 163 Å². The van der Waals surface area contributed by atoms with E-state index in [1.54, 1.807) is 43.3 Å². The van der Waals surface area contributed by atoms with Crippen LogP contribution in [0.5, 0.6) is 11.6 Å². The first-order chi connectivity index (χ1) is 12.9. The highest BCUT2D eigenvalue weighted by atomic mass is 35.5. The Morgan fingerprint density at radius 1 is 1.19 bits per heavy atom. The highest BCUT2D eigenvalue weighted by Crippen LogP contribution is 2.28. The Morgan fingerprint density at radius 2 is 1.93 bits per heavy atom. The second-order valence-corrected chi connectivity index (χ2v) is 6.46. The maximum absolute atomic E-state index is 12.1. The summed E-state index contributed by atoms with van der Waals surface area (Å²) >= 11 is 6.06. The molecule has 0 unspecified atom stereocenters. The van der Waals surface area contributed by atoms with Gasteiger partial charge in [-0.2, -0.15) is 0 Å². The quantitative estimate of drug-likeness (QED) is 0.667. The minimum atomic E-state index is -0.667. The van der Waals surface area contributed by atoms with E-state index in [4.69, 9.17) is 16.3 Å². The molecule has 2 rings (SSSR count). The number of urea groups is 1. The fraction of sp³-hybridized carbons (Fsp3) is 0.316. The fourth-order valence-corrected chi connectivity index (χ4v) is 2.26. The number of rotatable bonds is 7. The number of hydrogen-bond donors (Lipinski definition) is 3. The molecule has 3 amide bonds. The van der Waals surface area contributed by atoms with Crippen molar-refractivity contribution in [1.29, 1.82) is 0 Å². The van der Waals surface area contributed by atoms with Gasteiger partial charge >= 0.3 is 6.03 Å². The van der Waals surface area contributed by atoms with Gasteiger partial charge in [-0.3, -0.25) is 4.79 Å². The topological polar surface area (TPSA) is 92.4 Å². The molecular formula is C19H23ClN4O3. The van der Waals surface area contributed by atoms with Crippen molar-refractivity contribution in [3.8, 4) is 11.6 Å². The Kier molecular flexibility index (Phi) is 7.43. The van der Waals surface area contributed by atoms with Crippen molar-refractivity contribution in [1.82, 2.24) is 15.6 Å². The second kappa shape index (κ2) is 9.78. The van der Waals surface area contributed by atoms with Crippen LogP contribution in [0.25, 0.3) is 0 Å². The van der Waals surface area contributed by atoms with Gasteiger partial charge in [0, 0.05) is 24.0 Å². The van der Waals surface area contributed by atoms with Crippen LogP contribution in [0.15, 0.2) is 42.6 Å². The van der Waals surface area contributed by atoms with Gasteiger partial charge in [-0.15, -0.1) is 0 Å².